The maximum absolute atomic E-state index is 11.0. The van der Waals surface area contributed by atoms with Crippen LogP contribution in [0.3, 0.4) is 0 Å². The summed E-state index contributed by atoms with van der Waals surface area (Å²) in [6.07, 6.45) is 1.75. The van der Waals surface area contributed by atoms with Crippen LogP contribution in [0.15, 0.2) is 48.7 Å². The second-order valence-electron chi connectivity index (χ2n) is 4.62. The quantitative estimate of drug-likeness (QED) is 0.883. The zero-order valence-corrected chi connectivity index (χ0v) is 12.0. The first-order chi connectivity index (χ1) is 9.44. The van der Waals surface area contributed by atoms with Crippen LogP contribution in [-0.2, 0) is 15.8 Å². The van der Waals surface area contributed by atoms with Crippen molar-refractivity contribution in [2.24, 2.45) is 5.14 Å². The maximum Gasteiger partial charge on any atom is 0.213 e. The molecule has 5 nitrogen and oxygen atoms in total. The third kappa shape index (κ3) is 4.32. The molecule has 6 heteroatoms. The number of nitrogens with one attached hydrogen (secondary N) is 1. The van der Waals surface area contributed by atoms with Gasteiger partial charge in [-0.25, -0.2) is 13.6 Å². The van der Waals surface area contributed by atoms with Gasteiger partial charge in [-0.2, -0.15) is 0 Å². The monoisotopic (exact) mass is 291 g/mol. The number of hydrogen-bond acceptors (Lipinski definition) is 4. The van der Waals surface area contributed by atoms with E-state index in [2.05, 4.69) is 10.3 Å². The SMILES string of the molecule is CC(Nc1ccc(CS(N)(=O)=O)cc1)c1ccccn1. The van der Waals surface area contributed by atoms with Crippen LogP contribution in [0.4, 0.5) is 5.69 Å². The molecule has 0 saturated heterocycles. The number of nitrogens with zero attached hydrogens (tertiary/aromatic N) is 1. The van der Waals surface area contributed by atoms with Crippen molar-refractivity contribution in [3.05, 3.63) is 59.9 Å². The number of pyridine rings is 1. The van der Waals surface area contributed by atoms with Gasteiger partial charge in [0.25, 0.3) is 0 Å². The van der Waals surface area contributed by atoms with E-state index >= 15 is 0 Å². The Hall–Kier alpha value is -1.92. The molecule has 2 rings (SSSR count). The van der Waals surface area contributed by atoms with Crippen LogP contribution in [0.1, 0.15) is 24.2 Å². The van der Waals surface area contributed by atoms with Crippen molar-refractivity contribution in [2.75, 3.05) is 5.32 Å². The van der Waals surface area contributed by atoms with E-state index in [-0.39, 0.29) is 11.8 Å². The predicted octanol–water partition coefficient (Wildman–Crippen LogP) is 2.04. The Labute approximate surface area is 118 Å². The molecule has 0 amide bonds. The molecule has 106 valence electrons. The molecule has 0 spiro atoms. The van der Waals surface area contributed by atoms with Crippen LogP contribution in [0.5, 0.6) is 0 Å². The van der Waals surface area contributed by atoms with Crippen molar-refractivity contribution < 1.29 is 8.42 Å². The molecule has 3 N–H and O–H groups in total. The normalized spacial score (nSPS) is 12.9. The summed E-state index contributed by atoms with van der Waals surface area (Å²) in [6.45, 7) is 2.01. The van der Waals surface area contributed by atoms with E-state index in [1.54, 1.807) is 18.3 Å². The van der Waals surface area contributed by atoms with E-state index < -0.39 is 10.0 Å². The first-order valence-corrected chi connectivity index (χ1v) is 7.92. The first kappa shape index (κ1) is 14.5. The van der Waals surface area contributed by atoms with Crippen molar-refractivity contribution in [1.29, 1.82) is 0 Å². The second kappa shape index (κ2) is 6.02. The number of rotatable bonds is 5. The molecule has 2 aromatic rings. The lowest BCUT2D eigenvalue weighted by molar-refractivity contribution is 0.597. The highest BCUT2D eigenvalue weighted by atomic mass is 32.2. The van der Waals surface area contributed by atoms with Crippen LogP contribution in [0.2, 0.25) is 0 Å². The van der Waals surface area contributed by atoms with Crippen LogP contribution in [0, 0.1) is 0 Å². The molecule has 0 aliphatic carbocycles. The van der Waals surface area contributed by atoms with Gasteiger partial charge in [0.05, 0.1) is 17.5 Å². The Balaban J connectivity index is 2.04. The third-order valence-electron chi connectivity index (χ3n) is 2.84. The van der Waals surface area contributed by atoms with E-state index in [1.165, 1.54) is 0 Å². The molecule has 1 aromatic carbocycles. The summed E-state index contributed by atoms with van der Waals surface area (Å²) in [4.78, 5) is 4.28. The molecule has 1 atom stereocenters. The average Bonchev–Trinajstić information content (AvgIpc) is 2.40. The minimum absolute atomic E-state index is 0.0697. The Morgan fingerprint density at radius 2 is 1.90 bits per heavy atom. The maximum atomic E-state index is 11.0. The van der Waals surface area contributed by atoms with Crippen LogP contribution in [0.25, 0.3) is 0 Å². The summed E-state index contributed by atoms with van der Waals surface area (Å²) in [6, 6.07) is 13.0. The number of benzene rings is 1. The van der Waals surface area contributed by atoms with Gasteiger partial charge in [0.1, 0.15) is 0 Å². The van der Waals surface area contributed by atoms with Crippen molar-refractivity contribution in [1.82, 2.24) is 4.98 Å². The Kier molecular flexibility index (Phi) is 4.36. The number of sulfonamides is 1. The first-order valence-electron chi connectivity index (χ1n) is 6.21. The van der Waals surface area contributed by atoms with E-state index in [4.69, 9.17) is 5.14 Å². The molecule has 0 saturated carbocycles. The van der Waals surface area contributed by atoms with Crippen molar-refractivity contribution >= 4 is 15.7 Å². The molecule has 1 aromatic heterocycles. The number of nitrogens with two attached hydrogens (primary N) is 1. The lowest BCUT2D eigenvalue weighted by Gasteiger charge is -2.14. The molecule has 0 aliphatic heterocycles. The van der Waals surface area contributed by atoms with E-state index in [1.807, 2.05) is 37.3 Å². The molecular weight excluding hydrogens is 274 g/mol. The molecule has 0 fully saturated rings. The molecule has 1 unspecified atom stereocenters. The molecular formula is C14H17N3O2S. The van der Waals surface area contributed by atoms with Crippen molar-refractivity contribution in [2.45, 2.75) is 18.7 Å². The van der Waals surface area contributed by atoms with Gasteiger partial charge in [0.15, 0.2) is 0 Å². The summed E-state index contributed by atoms with van der Waals surface area (Å²) in [5.41, 5.74) is 2.52. The second-order valence-corrected chi connectivity index (χ2v) is 6.24. The Morgan fingerprint density at radius 1 is 1.20 bits per heavy atom. The molecule has 0 aliphatic rings. The highest BCUT2D eigenvalue weighted by molar-refractivity contribution is 7.88. The Morgan fingerprint density at radius 3 is 2.45 bits per heavy atom. The van der Waals surface area contributed by atoms with Crippen LogP contribution >= 0.6 is 0 Å². The fourth-order valence-corrected chi connectivity index (χ4v) is 2.54. The summed E-state index contributed by atoms with van der Waals surface area (Å²) in [5.74, 6) is -0.150. The zero-order valence-electron chi connectivity index (χ0n) is 11.2. The van der Waals surface area contributed by atoms with Gasteiger partial charge in [0.2, 0.25) is 10.0 Å². The largest absolute Gasteiger partial charge is 0.377 e. The van der Waals surface area contributed by atoms with Gasteiger partial charge < -0.3 is 5.32 Å². The van der Waals surface area contributed by atoms with Crippen molar-refractivity contribution in [3.8, 4) is 0 Å². The van der Waals surface area contributed by atoms with E-state index in [9.17, 15) is 8.42 Å². The minimum Gasteiger partial charge on any atom is -0.377 e. The van der Waals surface area contributed by atoms with Gasteiger partial charge >= 0.3 is 0 Å². The van der Waals surface area contributed by atoms with Gasteiger partial charge in [-0.1, -0.05) is 18.2 Å². The number of hydrogen-bond donors (Lipinski definition) is 2. The minimum atomic E-state index is -3.49. The zero-order chi connectivity index (χ0) is 14.6. The van der Waals surface area contributed by atoms with Gasteiger partial charge in [-0.05, 0) is 36.8 Å². The molecule has 1 heterocycles. The van der Waals surface area contributed by atoms with Gasteiger partial charge in [0, 0.05) is 11.9 Å². The molecule has 0 bridgehead atoms. The molecule has 0 radical (unpaired) electrons. The molecule has 20 heavy (non-hydrogen) atoms. The summed E-state index contributed by atoms with van der Waals surface area (Å²) in [7, 11) is -3.49. The van der Waals surface area contributed by atoms with Crippen molar-refractivity contribution in [3.63, 3.8) is 0 Å². The fraction of sp³-hybridized carbons (Fsp3) is 0.214. The topological polar surface area (TPSA) is 85.1 Å². The van der Waals surface area contributed by atoms with E-state index in [0.29, 0.717) is 5.56 Å². The van der Waals surface area contributed by atoms with Gasteiger partial charge in [-0.15, -0.1) is 0 Å². The smallest absolute Gasteiger partial charge is 0.213 e. The number of primary sulfonamides is 1. The average molecular weight is 291 g/mol. The standard InChI is InChI=1S/C14H17N3O2S/c1-11(14-4-2-3-9-16-14)17-13-7-5-12(6-8-13)10-20(15,18)19/h2-9,11,17H,10H2,1H3,(H2,15,18,19). The lowest BCUT2D eigenvalue weighted by atomic mass is 10.2. The highest BCUT2D eigenvalue weighted by Gasteiger charge is 2.07. The summed E-state index contributed by atoms with van der Waals surface area (Å²) < 4.78 is 22.0. The highest BCUT2D eigenvalue weighted by Crippen LogP contribution is 2.18. The predicted molar refractivity (Wildman–Crippen MR) is 79.5 cm³/mol. The fourth-order valence-electron chi connectivity index (χ4n) is 1.89. The number of anilines is 1. The number of aromatic nitrogens is 1. The summed E-state index contributed by atoms with van der Waals surface area (Å²) >= 11 is 0. The summed E-state index contributed by atoms with van der Waals surface area (Å²) in [5, 5.41) is 8.32. The van der Waals surface area contributed by atoms with E-state index in [0.717, 1.165) is 11.4 Å². The van der Waals surface area contributed by atoms with Gasteiger partial charge in [-0.3, -0.25) is 4.98 Å². The lowest BCUT2D eigenvalue weighted by Crippen LogP contribution is -2.14. The Bertz CT molecular complexity index is 655. The third-order valence-corrected chi connectivity index (χ3v) is 3.57. The van der Waals surface area contributed by atoms with Crippen LogP contribution in [-0.4, -0.2) is 13.4 Å². The van der Waals surface area contributed by atoms with Crippen LogP contribution < -0.4 is 10.5 Å².